The van der Waals surface area contributed by atoms with Gasteiger partial charge in [-0.1, -0.05) is 26.0 Å². The molecule has 4 nitrogen and oxygen atoms in total. The standard InChI is InChI=1S/C20H33N3O/c1-5-17(3)20(24)21-18(4)9-10-22-11-13-23(14-12-22)19-8-6-7-16(2)15-19/h6-8,15,17-18H,5,9-14H2,1-4H3,(H,21,24)/t17-,18+/m1/s1. The van der Waals surface area contributed by atoms with Gasteiger partial charge >= 0.3 is 0 Å². The highest BCUT2D eigenvalue weighted by molar-refractivity contribution is 5.78. The molecular weight excluding hydrogens is 298 g/mol. The van der Waals surface area contributed by atoms with Crippen molar-refractivity contribution in [3.8, 4) is 0 Å². The smallest absolute Gasteiger partial charge is 0.223 e. The van der Waals surface area contributed by atoms with Crippen LogP contribution in [-0.4, -0.2) is 49.6 Å². The van der Waals surface area contributed by atoms with Gasteiger partial charge in [0.1, 0.15) is 0 Å². The van der Waals surface area contributed by atoms with Crippen molar-refractivity contribution in [3.63, 3.8) is 0 Å². The molecule has 1 aliphatic heterocycles. The van der Waals surface area contributed by atoms with Gasteiger partial charge in [0, 0.05) is 50.4 Å². The van der Waals surface area contributed by atoms with E-state index in [1.165, 1.54) is 11.3 Å². The van der Waals surface area contributed by atoms with Crippen molar-refractivity contribution < 1.29 is 4.79 Å². The van der Waals surface area contributed by atoms with Crippen molar-refractivity contribution in [2.75, 3.05) is 37.6 Å². The molecule has 1 amide bonds. The normalized spacial score (nSPS) is 18.2. The topological polar surface area (TPSA) is 35.6 Å². The molecule has 0 saturated carbocycles. The minimum absolute atomic E-state index is 0.116. The highest BCUT2D eigenvalue weighted by Crippen LogP contribution is 2.18. The molecule has 2 rings (SSSR count). The second kappa shape index (κ2) is 9.07. The lowest BCUT2D eigenvalue weighted by Crippen LogP contribution is -2.47. The molecule has 1 aromatic carbocycles. The van der Waals surface area contributed by atoms with Crippen LogP contribution in [0.25, 0.3) is 0 Å². The van der Waals surface area contributed by atoms with E-state index in [1.54, 1.807) is 0 Å². The van der Waals surface area contributed by atoms with E-state index in [-0.39, 0.29) is 17.9 Å². The number of rotatable bonds is 7. The van der Waals surface area contributed by atoms with E-state index in [0.717, 1.165) is 45.6 Å². The number of carbonyl (C=O) groups excluding carboxylic acids is 1. The van der Waals surface area contributed by atoms with Crippen LogP contribution in [0.3, 0.4) is 0 Å². The molecule has 1 aliphatic rings. The molecule has 1 heterocycles. The molecular formula is C20H33N3O. The molecule has 1 N–H and O–H groups in total. The van der Waals surface area contributed by atoms with Crippen molar-refractivity contribution in [1.29, 1.82) is 0 Å². The summed E-state index contributed by atoms with van der Waals surface area (Å²) >= 11 is 0. The van der Waals surface area contributed by atoms with Gasteiger partial charge in [-0.25, -0.2) is 0 Å². The highest BCUT2D eigenvalue weighted by atomic mass is 16.1. The zero-order valence-corrected chi connectivity index (χ0v) is 15.7. The lowest BCUT2D eigenvalue weighted by Gasteiger charge is -2.36. The lowest BCUT2D eigenvalue weighted by atomic mass is 10.1. The molecule has 4 heteroatoms. The molecule has 1 fully saturated rings. The summed E-state index contributed by atoms with van der Waals surface area (Å²) in [5.41, 5.74) is 2.66. The number of nitrogens with one attached hydrogen (secondary N) is 1. The minimum Gasteiger partial charge on any atom is -0.369 e. The predicted octanol–water partition coefficient (Wildman–Crippen LogP) is 3.06. The zero-order chi connectivity index (χ0) is 17.5. The lowest BCUT2D eigenvalue weighted by molar-refractivity contribution is -0.125. The van der Waals surface area contributed by atoms with Crippen molar-refractivity contribution in [2.45, 2.75) is 46.6 Å². The quantitative estimate of drug-likeness (QED) is 0.834. The third-order valence-electron chi connectivity index (χ3n) is 5.07. The van der Waals surface area contributed by atoms with Crippen molar-refractivity contribution in [1.82, 2.24) is 10.2 Å². The number of hydrogen-bond donors (Lipinski definition) is 1. The van der Waals surface area contributed by atoms with E-state index in [4.69, 9.17) is 0 Å². The average Bonchev–Trinajstić information content (AvgIpc) is 2.59. The van der Waals surface area contributed by atoms with E-state index in [9.17, 15) is 4.79 Å². The fourth-order valence-electron chi connectivity index (χ4n) is 3.07. The summed E-state index contributed by atoms with van der Waals surface area (Å²) in [4.78, 5) is 16.9. The Bertz CT molecular complexity index is 523. The molecule has 0 unspecified atom stereocenters. The maximum atomic E-state index is 11.9. The van der Waals surface area contributed by atoms with Gasteiger partial charge in [-0.05, 0) is 44.4 Å². The second-order valence-electron chi connectivity index (χ2n) is 7.18. The summed E-state index contributed by atoms with van der Waals surface area (Å²) in [6.07, 6.45) is 1.92. The largest absolute Gasteiger partial charge is 0.369 e. The average molecular weight is 332 g/mol. The number of hydrogen-bond acceptors (Lipinski definition) is 3. The van der Waals surface area contributed by atoms with Gasteiger partial charge in [0.05, 0.1) is 0 Å². The molecule has 0 bridgehead atoms. The van der Waals surface area contributed by atoms with Gasteiger partial charge in [0.25, 0.3) is 0 Å². The Kier molecular flexibility index (Phi) is 7.10. The Hall–Kier alpha value is -1.55. The third-order valence-corrected chi connectivity index (χ3v) is 5.07. The maximum Gasteiger partial charge on any atom is 0.223 e. The second-order valence-corrected chi connectivity index (χ2v) is 7.18. The summed E-state index contributed by atoms with van der Waals surface area (Å²) in [5, 5.41) is 3.13. The summed E-state index contributed by atoms with van der Waals surface area (Å²) in [6.45, 7) is 13.7. The van der Waals surface area contributed by atoms with Gasteiger partial charge in [-0.2, -0.15) is 0 Å². The molecule has 0 aromatic heterocycles. The Morgan fingerprint density at radius 3 is 2.54 bits per heavy atom. The Morgan fingerprint density at radius 1 is 1.21 bits per heavy atom. The molecule has 1 saturated heterocycles. The van der Waals surface area contributed by atoms with Crippen LogP contribution in [0.5, 0.6) is 0 Å². The number of anilines is 1. The van der Waals surface area contributed by atoms with E-state index >= 15 is 0 Å². The third kappa shape index (κ3) is 5.52. The number of nitrogens with zero attached hydrogens (tertiary/aromatic N) is 2. The summed E-state index contributed by atoms with van der Waals surface area (Å²) in [6, 6.07) is 9.01. The van der Waals surface area contributed by atoms with Crippen LogP contribution in [0.4, 0.5) is 5.69 Å². The maximum absolute atomic E-state index is 11.9. The first kappa shape index (κ1) is 18.8. The molecule has 0 spiro atoms. The highest BCUT2D eigenvalue weighted by Gasteiger charge is 2.18. The van der Waals surface area contributed by atoms with Crippen LogP contribution in [0, 0.1) is 12.8 Å². The molecule has 0 radical (unpaired) electrons. The first-order chi connectivity index (χ1) is 11.5. The van der Waals surface area contributed by atoms with Crippen LogP contribution in [0.1, 0.15) is 39.2 Å². The van der Waals surface area contributed by atoms with Crippen molar-refractivity contribution in [2.24, 2.45) is 5.92 Å². The zero-order valence-electron chi connectivity index (χ0n) is 15.7. The Balaban J connectivity index is 1.70. The van der Waals surface area contributed by atoms with E-state index < -0.39 is 0 Å². The minimum atomic E-state index is 0.116. The summed E-state index contributed by atoms with van der Waals surface area (Å²) < 4.78 is 0. The van der Waals surface area contributed by atoms with Crippen LogP contribution >= 0.6 is 0 Å². The van der Waals surface area contributed by atoms with E-state index in [1.807, 2.05) is 6.92 Å². The van der Waals surface area contributed by atoms with Crippen LogP contribution in [0.2, 0.25) is 0 Å². The summed E-state index contributed by atoms with van der Waals surface area (Å²) in [5.74, 6) is 0.305. The molecule has 24 heavy (non-hydrogen) atoms. The first-order valence-electron chi connectivity index (χ1n) is 9.34. The van der Waals surface area contributed by atoms with Gasteiger partial charge in [0.15, 0.2) is 0 Å². The van der Waals surface area contributed by atoms with Gasteiger partial charge in [-0.3, -0.25) is 9.69 Å². The van der Waals surface area contributed by atoms with Crippen LogP contribution in [-0.2, 0) is 4.79 Å². The van der Waals surface area contributed by atoms with Gasteiger partial charge < -0.3 is 10.2 Å². The van der Waals surface area contributed by atoms with Crippen LogP contribution < -0.4 is 10.2 Å². The molecule has 134 valence electrons. The van der Waals surface area contributed by atoms with E-state index in [0.29, 0.717) is 0 Å². The summed E-state index contributed by atoms with van der Waals surface area (Å²) in [7, 11) is 0. The van der Waals surface area contributed by atoms with Crippen LogP contribution in [0.15, 0.2) is 24.3 Å². The molecule has 0 aliphatic carbocycles. The number of carbonyl (C=O) groups is 1. The van der Waals surface area contributed by atoms with Gasteiger partial charge in [0.2, 0.25) is 5.91 Å². The Morgan fingerprint density at radius 2 is 1.92 bits per heavy atom. The number of aryl methyl sites for hydroxylation is 1. The fraction of sp³-hybridized carbons (Fsp3) is 0.650. The molecule has 2 atom stereocenters. The van der Waals surface area contributed by atoms with Crippen molar-refractivity contribution >= 4 is 11.6 Å². The number of piperazine rings is 1. The van der Waals surface area contributed by atoms with E-state index in [2.05, 4.69) is 60.2 Å². The first-order valence-corrected chi connectivity index (χ1v) is 9.34. The van der Waals surface area contributed by atoms with Gasteiger partial charge in [-0.15, -0.1) is 0 Å². The molecule has 1 aromatic rings. The predicted molar refractivity (Wildman–Crippen MR) is 102 cm³/mol. The van der Waals surface area contributed by atoms with Crippen molar-refractivity contribution in [3.05, 3.63) is 29.8 Å². The number of benzene rings is 1. The fourth-order valence-corrected chi connectivity index (χ4v) is 3.07. The Labute approximate surface area is 147 Å². The SMILES string of the molecule is CC[C@@H](C)C(=O)N[C@@H](C)CCN1CCN(c2cccc(C)c2)CC1. The monoisotopic (exact) mass is 331 g/mol. The number of amides is 1.